The van der Waals surface area contributed by atoms with Gasteiger partial charge in [-0.2, -0.15) is 0 Å². The van der Waals surface area contributed by atoms with Crippen molar-refractivity contribution in [2.24, 2.45) is 0 Å². The maximum Gasteiger partial charge on any atom is 0.335 e. The number of aromatic carboxylic acids is 1. The van der Waals surface area contributed by atoms with Gasteiger partial charge in [-0.25, -0.2) is 14.8 Å². The van der Waals surface area contributed by atoms with Crippen LogP contribution in [-0.4, -0.2) is 21.0 Å². The zero-order valence-corrected chi connectivity index (χ0v) is 10.0. The molecule has 0 radical (unpaired) electrons. The normalized spacial score (nSPS) is 10.7. The van der Waals surface area contributed by atoms with Gasteiger partial charge in [-0.3, -0.25) is 0 Å². The summed E-state index contributed by atoms with van der Waals surface area (Å²) in [5.41, 5.74) is 1.66. The van der Waals surface area contributed by atoms with E-state index in [9.17, 15) is 4.79 Å². The van der Waals surface area contributed by atoms with Gasteiger partial charge in [0.05, 0.1) is 11.3 Å². The second-order valence-corrected chi connectivity index (χ2v) is 3.92. The van der Waals surface area contributed by atoms with Gasteiger partial charge in [0.15, 0.2) is 0 Å². The minimum atomic E-state index is -0.997. The Labute approximate surface area is 109 Å². The molecule has 1 aromatic heterocycles. The molecule has 0 atom stereocenters. The zero-order valence-electron chi connectivity index (χ0n) is 9.25. The number of carboxylic acids is 1. The highest BCUT2D eigenvalue weighted by Crippen LogP contribution is 2.20. The summed E-state index contributed by atoms with van der Waals surface area (Å²) in [5, 5.41) is 9.20. The minimum Gasteiger partial charge on any atom is -0.478 e. The number of aromatic nitrogens is 2. The van der Waals surface area contributed by atoms with Crippen molar-refractivity contribution < 1.29 is 9.90 Å². The lowest BCUT2D eigenvalue weighted by Gasteiger charge is -2.00. The second kappa shape index (κ2) is 5.42. The molecule has 0 unspecified atom stereocenters. The molecule has 0 aliphatic carbocycles. The Morgan fingerprint density at radius 3 is 2.72 bits per heavy atom. The Balaban J connectivity index is 2.25. The molecule has 0 amide bonds. The largest absolute Gasteiger partial charge is 0.478 e. The Bertz CT molecular complexity index is 597. The standard InChI is InChI=1S/C13H9ClN2O2/c14-12-7-10(13(17)18)2-1-9(12)3-4-11-5-6-15-8-16-11/h1-8H,(H,17,18)/b4-3+. The number of hydrogen-bond acceptors (Lipinski definition) is 3. The fraction of sp³-hybridized carbons (Fsp3) is 0. The number of hydrogen-bond donors (Lipinski definition) is 1. The first-order chi connectivity index (χ1) is 8.66. The molecule has 1 aromatic carbocycles. The Morgan fingerprint density at radius 2 is 2.11 bits per heavy atom. The molecular weight excluding hydrogens is 252 g/mol. The lowest BCUT2D eigenvalue weighted by Crippen LogP contribution is -1.95. The van der Waals surface area contributed by atoms with Crippen LogP contribution in [-0.2, 0) is 0 Å². The third kappa shape index (κ3) is 2.93. The van der Waals surface area contributed by atoms with Crippen molar-refractivity contribution in [3.8, 4) is 0 Å². The highest BCUT2D eigenvalue weighted by atomic mass is 35.5. The second-order valence-electron chi connectivity index (χ2n) is 3.51. The summed E-state index contributed by atoms with van der Waals surface area (Å²) in [4.78, 5) is 18.6. The summed E-state index contributed by atoms with van der Waals surface area (Å²) in [5.74, 6) is -0.997. The summed E-state index contributed by atoms with van der Waals surface area (Å²) in [6.07, 6.45) is 6.65. The van der Waals surface area contributed by atoms with Crippen LogP contribution in [0.4, 0.5) is 0 Å². The van der Waals surface area contributed by atoms with Crippen molar-refractivity contribution in [3.05, 3.63) is 58.6 Å². The van der Waals surface area contributed by atoms with Crippen LogP contribution < -0.4 is 0 Å². The third-order valence-electron chi connectivity index (χ3n) is 2.29. The molecule has 1 heterocycles. The van der Waals surface area contributed by atoms with Crippen LogP contribution in [0, 0.1) is 0 Å². The molecule has 0 saturated heterocycles. The van der Waals surface area contributed by atoms with Crippen LogP contribution in [0.2, 0.25) is 5.02 Å². The molecular formula is C13H9ClN2O2. The molecule has 2 rings (SSSR count). The van der Waals surface area contributed by atoms with E-state index in [0.717, 1.165) is 11.3 Å². The first-order valence-electron chi connectivity index (χ1n) is 5.14. The van der Waals surface area contributed by atoms with Crippen molar-refractivity contribution >= 4 is 29.7 Å². The lowest BCUT2D eigenvalue weighted by molar-refractivity contribution is 0.0697. The average Bonchev–Trinajstić information content (AvgIpc) is 2.38. The topological polar surface area (TPSA) is 63.1 Å². The number of halogens is 1. The Morgan fingerprint density at radius 1 is 1.28 bits per heavy atom. The summed E-state index contributed by atoms with van der Waals surface area (Å²) >= 11 is 5.99. The van der Waals surface area contributed by atoms with Gasteiger partial charge in [-0.05, 0) is 29.8 Å². The van der Waals surface area contributed by atoms with Crippen LogP contribution in [0.3, 0.4) is 0 Å². The van der Waals surface area contributed by atoms with Crippen LogP contribution in [0.25, 0.3) is 12.2 Å². The molecule has 0 fully saturated rings. The van der Waals surface area contributed by atoms with Crippen LogP contribution in [0.1, 0.15) is 21.6 Å². The highest BCUT2D eigenvalue weighted by Gasteiger charge is 2.05. The minimum absolute atomic E-state index is 0.166. The number of nitrogens with zero attached hydrogens (tertiary/aromatic N) is 2. The van der Waals surface area contributed by atoms with Gasteiger partial charge < -0.3 is 5.11 Å². The van der Waals surface area contributed by atoms with Crippen molar-refractivity contribution in [1.29, 1.82) is 0 Å². The SMILES string of the molecule is O=C(O)c1ccc(/C=C/c2ccncn2)c(Cl)c1. The number of rotatable bonds is 3. The van der Waals surface area contributed by atoms with E-state index in [-0.39, 0.29) is 5.56 Å². The van der Waals surface area contributed by atoms with Gasteiger partial charge in [0.2, 0.25) is 0 Å². The molecule has 0 bridgehead atoms. The van der Waals surface area contributed by atoms with Gasteiger partial charge in [0.1, 0.15) is 6.33 Å². The predicted molar refractivity (Wildman–Crippen MR) is 69.4 cm³/mol. The predicted octanol–water partition coefficient (Wildman–Crippen LogP) is 3.00. The quantitative estimate of drug-likeness (QED) is 0.921. The smallest absolute Gasteiger partial charge is 0.335 e. The van der Waals surface area contributed by atoms with Gasteiger partial charge in [-0.15, -0.1) is 0 Å². The molecule has 2 aromatic rings. The van der Waals surface area contributed by atoms with Crippen molar-refractivity contribution in [3.63, 3.8) is 0 Å². The van der Waals surface area contributed by atoms with E-state index in [0.29, 0.717) is 5.02 Å². The van der Waals surface area contributed by atoms with E-state index in [2.05, 4.69) is 9.97 Å². The fourth-order valence-corrected chi connectivity index (χ4v) is 1.61. The monoisotopic (exact) mass is 260 g/mol. The van der Waals surface area contributed by atoms with E-state index in [1.807, 2.05) is 0 Å². The van der Waals surface area contributed by atoms with E-state index in [4.69, 9.17) is 16.7 Å². The van der Waals surface area contributed by atoms with Crippen LogP contribution in [0.5, 0.6) is 0 Å². The number of carbonyl (C=O) groups is 1. The van der Waals surface area contributed by atoms with Crippen LogP contribution in [0.15, 0.2) is 36.8 Å². The summed E-state index contributed by atoms with van der Waals surface area (Å²) in [7, 11) is 0. The summed E-state index contributed by atoms with van der Waals surface area (Å²) in [6, 6.07) is 6.34. The van der Waals surface area contributed by atoms with Gasteiger partial charge in [-0.1, -0.05) is 23.7 Å². The molecule has 1 N–H and O–H groups in total. The fourth-order valence-electron chi connectivity index (χ4n) is 1.37. The van der Waals surface area contributed by atoms with Crippen molar-refractivity contribution in [1.82, 2.24) is 9.97 Å². The number of benzene rings is 1. The maximum absolute atomic E-state index is 10.8. The van der Waals surface area contributed by atoms with E-state index >= 15 is 0 Å². The Hall–Kier alpha value is -2.20. The first-order valence-corrected chi connectivity index (χ1v) is 5.51. The summed E-state index contributed by atoms with van der Waals surface area (Å²) < 4.78 is 0. The third-order valence-corrected chi connectivity index (χ3v) is 2.61. The van der Waals surface area contributed by atoms with E-state index < -0.39 is 5.97 Å². The average molecular weight is 261 g/mol. The van der Waals surface area contributed by atoms with Gasteiger partial charge >= 0.3 is 5.97 Å². The molecule has 0 saturated carbocycles. The first kappa shape index (κ1) is 12.3. The van der Waals surface area contributed by atoms with Crippen molar-refractivity contribution in [2.75, 3.05) is 0 Å². The van der Waals surface area contributed by atoms with Gasteiger partial charge in [0, 0.05) is 11.2 Å². The molecule has 0 aliphatic heterocycles. The Kier molecular flexibility index (Phi) is 3.69. The van der Waals surface area contributed by atoms with Crippen molar-refractivity contribution in [2.45, 2.75) is 0 Å². The maximum atomic E-state index is 10.8. The molecule has 18 heavy (non-hydrogen) atoms. The summed E-state index contributed by atoms with van der Waals surface area (Å²) in [6.45, 7) is 0. The van der Waals surface area contributed by atoms with Gasteiger partial charge in [0.25, 0.3) is 0 Å². The highest BCUT2D eigenvalue weighted by molar-refractivity contribution is 6.32. The molecule has 4 nitrogen and oxygen atoms in total. The lowest BCUT2D eigenvalue weighted by atomic mass is 10.1. The molecule has 0 aliphatic rings. The number of carboxylic acid groups (broad SMARTS) is 1. The van der Waals surface area contributed by atoms with E-state index in [1.165, 1.54) is 18.5 Å². The molecule has 5 heteroatoms. The molecule has 0 spiro atoms. The molecule has 90 valence electrons. The zero-order chi connectivity index (χ0) is 13.0. The van der Waals surface area contributed by atoms with E-state index in [1.54, 1.807) is 30.5 Å². The van der Waals surface area contributed by atoms with Crippen LogP contribution >= 0.6 is 11.6 Å².